The number of nitrogens with one attached hydrogen (secondary N) is 2. The van der Waals surface area contributed by atoms with Crippen LogP contribution >= 0.6 is 0 Å². The number of hydrogen-bond donors (Lipinski definition) is 2. The molecule has 0 aliphatic rings. The minimum atomic E-state index is 0.263. The Kier molecular flexibility index (Phi) is 5.91. The molecule has 1 atom stereocenters. The molecule has 32 heavy (non-hydrogen) atoms. The zero-order valence-electron chi connectivity index (χ0n) is 20.2. The molecule has 4 aromatic rings. The fourth-order valence-electron chi connectivity index (χ4n) is 4.09. The van der Waals surface area contributed by atoms with Crippen molar-refractivity contribution in [2.45, 2.75) is 60.4 Å². The van der Waals surface area contributed by atoms with E-state index in [0.717, 1.165) is 40.3 Å². The first-order chi connectivity index (χ1) is 15.1. The topological polar surface area (TPSA) is 70.9 Å². The first kappa shape index (κ1) is 22.2. The minimum Gasteiger partial charge on any atom is -0.310 e. The van der Waals surface area contributed by atoms with E-state index in [9.17, 15) is 0 Å². The highest BCUT2D eigenvalue weighted by Gasteiger charge is 2.20. The zero-order valence-corrected chi connectivity index (χ0v) is 20.2. The van der Waals surface area contributed by atoms with E-state index in [0.29, 0.717) is 12.0 Å². The number of H-pyrrole nitrogens is 1. The highest BCUT2D eigenvalue weighted by atomic mass is 15.3. The quantitative estimate of drug-likeness (QED) is 0.399. The molecule has 0 aliphatic heterocycles. The van der Waals surface area contributed by atoms with Crippen LogP contribution in [0.15, 0.2) is 42.9 Å². The number of rotatable bonds is 6. The van der Waals surface area contributed by atoms with Gasteiger partial charge in [-0.15, -0.1) is 0 Å². The van der Waals surface area contributed by atoms with Crippen molar-refractivity contribution in [3.63, 3.8) is 0 Å². The highest BCUT2D eigenvalue weighted by molar-refractivity contribution is 5.75. The van der Waals surface area contributed by atoms with E-state index in [1.54, 1.807) is 6.33 Å². The summed E-state index contributed by atoms with van der Waals surface area (Å²) in [6.45, 7) is 16.4. The Morgan fingerprint density at radius 1 is 1.06 bits per heavy atom. The van der Waals surface area contributed by atoms with Crippen LogP contribution in [0.4, 0.5) is 0 Å². The van der Waals surface area contributed by atoms with Gasteiger partial charge in [-0.3, -0.25) is 5.10 Å². The molecule has 0 spiro atoms. The van der Waals surface area contributed by atoms with E-state index in [4.69, 9.17) is 5.10 Å². The number of aryl methyl sites for hydroxylation is 1. The van der Waals surface area contributed by atoms with Crippen LogP contribution in [0.25, 0.3) is 28.2 Å². The second-order valence-corrected chi connectivity index (χ2v) is 10.2. The summed E-state index contributed by atoms with van der Waals surface area (Å²) in [5.41, 5.74) is 8.98. The van der Waals surface area contributed by atoms with E-state index >= 15 is 0 Å². The third kappa shape index (κ3) is 4.46. The van der Waals surface area contributed by atoms with Crippen LogP contribution in [-0.4, -0.2) is 31.3 Å². The lowest BCUT2D eigenvalue weighted by atomic mass is 9.93. The monoisotopic (exact) mass is 430 g/mol. The Morgan fingerprint density at radius 2 is 1.78 bits per heavy atom. The van der Waals surface area contributed by atoms with Gasteiger partial charge in [0.2, 0.25) is 0 Å². The molecule has 6 nitrogen and oxygen atoms in total. The van der Waals surface area contributed by atoms with E-state index in [2.05, 4.69) is 99.3 Å². The molecule has 168 valence electrons. The maximum Gasteiger partial charge on any atom is 0.158 e. The number of pyridine rings is 1. The number of fused-ring (bicyclic) bond motifs is 1. The van der Waals surface area contributed by atoms with Gasteiger partial charge in [0.05, 0.1) is 11.4 Å². The molecule has 0 saturated carbocycles. The van der Waals surface area contributed by atoms with Gasteiger partial charge in [-0.05, 0) is 42.4 Å². The van der Waals surface area contributed by atoms with E-state index in [1.165, 1.54) is 11.1 Å². The summed E-state index contributed by atoms with van der Waals surface area (Å²) in [6.07, 6.45) is 3.61. The first-order valence-electron chi connectivity index (χ1n) is 11.4. The summed E-state index contributed by atoms with van der Waals surface area (Å²) in [6, 6.07) is 11.2. The highest BCUT2D eigenvalue weighted by Crippen LogP contribution is 2.36. The van der Waals surface area contributed by atoms with Crippen molar-refractivity contribution in [2.75, 3.05) is 6.54 Å². The summed E-state index contributed by atoms with van der Waals surface area (Å²) < 4.78 is 1.83. The van der Waals surface area contributed by atoms with Gasteiger partial charge in [0.25, 0.3) is 0 Å². The Morgan fingerprint density at radius 3 is 2.44 bits per heavy atom. The molecular formula is C26H34N6. The van der Waals surface area contributed by atoms with Gasteiger partial charge in [0.1, 0.15) is 6.33 Å². The number of aromatic nitrogens is 5. The molecule has 4 rings (SSSR count). The lowest BCUT2D eigenvalue weighted by Gasteiger charge is -2.23. The smallest absolute Gasteiger partial charge is 0.158 e. The molecule has 2 N–H and O–H groups in total. The van der Waals surface area contributed by atoms with Crippen LogP contribution in [0.2, 0.25) is 0 Å². The molecule has 0 bridgehead atoms. The summed E-state index contributed by atoms with van der Waals surface area (Å²) in [7, 11) is 0. The van der Waals surface area contributed by atoms with E-state index in [1.807, 2.05) is 10.7 Å². The molecule has 0 aliphatic carbocycles. The van der Waals surface area contributed by atoms with Crippen molar-refractivity contribution in [1.29, 1.82) is 0 Å². The van der Waals surface area contributed by atoms with Crippen LogP contribution in [0, 0.1) is 12.3 Å². The Balaban J connectivity index is 1.66. The molecule has 1 aromatic carbocycles. The Hall–Kier alpha value is -2.99. The summed E-state index contributed by atoms with van der Waals surface area (Å²) in [4.78, 5) is 4.33. The van der Waals surface area contributed by atoms with Gasteiger partial charge < -0.3 is 5.32 Å². The number of hydrogen-bond acceptors (Lipinski definition) is 4. The van der Waals surface area contributed by atoms with Crippen LogP contribution < -0.4 is 5.32 Å². The van der Waals surface area contributed by atoms with Gasteiger partial charge in [-0.1, -0.05) is 58.9 Å². The lowest BCUT2D eigenvalue weighted by molar-refractivity contribution is 0.359. The number of aromatic amines is 1. The SMILES string of the molecule is Cc1cc(-c2[nH]nc(-c3ccc([C@H](C)NCC(C)(C)C)cc3)c2C(C)C)cn2ncnc12. The van der Waals surface area contributed by atoms with Crippen molar-refractivity contribution in [1.82, 2.24) is 30.1 Å². The van der Waals surface area contributed by atoms with E-state index in [-0.39, 0.29) is 5.41 Å². The normalized spacial score (nSPS) is 13.2. The molecule has 3 heterocycles. The van der Waals surface area contributed by atoms with Gasteiger partial charge >= 0.3 is 0 Å². The standard InChI is InChI=1S/C26H34N6/c1-16(2)22-23(20-10-8-19(9-11-20)18(4)27-14-26(5,6)7)30-31-24(22)21-12-17(3)25-28-15-29-32(25)13-21/h8-13,15-16,18,27H,14H2,1-7H3,(H,30,31)/t18-/m0/s1. The zero-order chi connectivity index (χ0) is 23.0. The molecule has 3 aromatic heterocycles. The molecule has 6 heteroatoms. The van der Waals surface area contributed by atoms with Crippen LogP contribution in [0.1, 0.15) is 70.2 Å². The fourth-order valence-corrected chi connectivity index (χ4v) is 4.09. The summed E-state index contributed by atoms with van der Waals surface area (Å²) in [5.74, 6) is 0.317. The van der Waals surface area contributed by atoms with E-state index < -0.39 is 0 Å². The minimum absolute atomic E-state index is 0.263. The molecule has 0 radical (unpaired) electrons. The molecule has 0 saturated heterocycles. The predicted octanol–water partition coefficient (Wildman–Crippen LogP) is 5.91. The van der Waals surface area contributed by atoms with Crippen LogP contribution in [0.3, 0.4) is 0 Å². The van der Waals surface area contributed by atoms with Gasteiger partial charge in [-0.2, -0.15) is 10.2 Å². The molecule has 0 amide bonds. The summed E-state index contributed by atoms with van der Waals surface area (Å²) >= 11 is 0. The fraction of sp³-hybridized carbons (Fsp3) is 0.423. The lowest BCUT2D eigenvalue weighted by Crippen LogP contribution is -2.29. The van der Waals surface area contributed by atoms with Gasteiger partial charge in [-0.25, -0.2) is 9.50 Å². The first-order valence-corrected chi connectivity index (χ1v) is 11.4. The third-order valence-corrected chi connectivity index (χ3v) is 5.85. The van der Waals surface area contributed by atoms with Crippen molar-refractivity contribution in [3.8, 4) is 22.5 Å². The van der Waals surface area contributed by atoms with Crippen molar-refractivity contribution < 1.29 is 0 Å². The van der Waals surface area contributed by atoms with Crippen molar-refractivity contribution >= 4 is 5.65 Å². The second kappa shape index (κ2) is 8.51. The Labute approximate surface area is 190 Å². The molecule has 0 fully saturated rings. The van der Waals surface area contributed by atoms with Crippen molar-refractivity contribution in [2.24, 2.45) is 5.41 Å². The predicted molar refractivity (Wildman–Crippen MR) is 131 cm³/mol. The van der Waals surface area contributed by atoms with Crippen LogP contribution in [-0.2, 0) is 0 Å². The molecule has 0 unspecified atom stereocenters. The Bertz CT molecular complexity index is 1210. The average molecular weight is 431 g/mol. The second-order valence-electron chi connectivity index (χ2n) is 10.2. The summed E-state index contributed by atoms with van der Waals surface area (Å²) in [5, 5.41) is 16.0. The van der Waals surface area contributed by atoms with Gasteiger partial charge in [0.15, 0.2) is 5.65 Å². The number of benzene rings is 1. The average Bonchev–Trinajstić information content (AvgIpc) is 3.39. The van der Waals surface area contributed by atoms with Crippen LogP contribution in [0.5, 0.6) is 0 Å². The number of nitrogens with zero attached hydrogens (tertiary/aromatic N) is 4. The largest absolute Gasteiger partial charge is 0.310 e. The maximum atomic E-state index is 4.74. The molecular weight excluding hydrogens is 396 g/mol. The van der Waals surface area contributed by atoms with Crippen molar-refractivity contribution in [3.05, 3.63) is 59.5 Å². The third-order valence-electron chi connectivity index (χ3n) is 5.85. The van der Waals surface area contributed by atoms with Gasteiger partial charge in [0, 0.05) is 35.5 Å². The maximum absolute atomic E-state index is 4.74.